The number of benzene rings is 1. The van der Waals surface area contributed by atoms with Gasteiger partial charge in [-0.05, 0) is 19.9 Å². The summed E-state index contributed by atoms with van der Waals surface area (Å²) in [6.45, 7) is 3.55. The molecule has 0 aliphatic heterocycles. The molecule has 94 valence electrons. The summed E-state index contributed by atoms with van der Waals surface area (Å²) < 4.78 is 0. The van der Waals surface area contributed by atoms with Gasteiger partial charge in [-0.1, -0.05) is 29.8 Å². The number of carbonyl (C=O) groups excluding carboxylic acids is 1. The molecule has 1 aromatic heterocycles. The van der Waals surface area contributed by atoms with E-state index >= 15 is 0 Å². The molecule has 0 saturated carbocycles. The second kappa shape index (κ2) is 5.36. The molecule has 1 aromatic carbocycles. The number of nitrogens with one attached hydrogen (secondary N) is 1. The lowest BCUT2D eigenvalue weighted by Crippen LogP contribution is -1.95. The Morgan fingerprint density at radius 3 is 2.78 bits per heavy atom. The van der Waals surface area contributed by atoms with Crippen LogP contribution >= 0.6 is 11.6 Å². The van der Waals surface area contributed by atoms with Crippen LogP contribution < -0.4 is 0 Å². The van der Waals surface area contributed by atoms with E-state index in [2.05, 4.69) is 9.97 Å². The highest BCUT2D eigenvalue weighted by atomic mass is 35.5. The number of aromatic nitrogens is 2. The number of hydrogen-bond donors (Lipinski definition) is 1. The zero-order valence-corrected chi connectivity index (χ0v) is 11.2. The van der Waals surface area contributed by atoms with Crippen molar-refractivity contribution in [2.24, 2.45) is 0 Å². The fourth-order valence-corrected chi connectivity index (χ4v) is 2.08. The van der Waals surface area contributed by atoms with Gasteiger partial charge in [0.1, 0.15) is 11.6 Å². The SMILES string of the molecule is CC(=O)CCc1nc(-c2ccccc2Cl)c(C)[nH]1. The van der Waals surface area contributed by atoms with Crippen molar-refractivity contribution in [2.75, 3.05) is 0 Å². The molecule has 0 bridgehead atoms. The first-order valence-corrected chi connectivity index (χ1v) is 6.25. The number of aromatic amines is 1. The minimum atomic E-state index is 0.170. The fraction of sp³-hybridized carbons (Fsp3) is 0.286. The van der Waals surface area contributed by atoms with Gasteiger partial charge in [-0.15, -0.1) is 0 Å². The average Bonchev–Trinajstić information content (AvgIpc) is 2.69. The molecule has 4 heteroatoms. The first kappa shape index (κ1) is 12.8. The van der Waals surface area contributed by atoms with Crippen molar-refractivity contribution in [2.45, 2.75) is 26.7 Å². The molecule has 1 N–H and O–H groups in total. The highest BCUT2D eigenvalue weighted by Crippen LogP contribution is 2.28. The number of carbonyl (C=O) groups is 1. The lowest BCUT2D eigenvalue weighted by atomic mass is 10.1. The number of aryl methyl sites for hydroxylation is 2. The molecule has 1 heterocycles. The van der Waals surface area contributed by atoms with Gasteiger partial charge in [-0.3, -0.25) is 0 Å². The summed E-state index contributed by atoms with van der Waals surface area (Å²) in [7, 11) is 0. The number of imidazole rings is 1. The Morgan fingerprint density at radius 1 is 1.39 bits per heavy atom. The summed E-state index contributed by atoms with van der Waals surface area (Å²) in [5.74, 6) is 1.00. The molecule has 0 spiro atoms. The topological polar surface area (TPSA) is 45.8 Å². The lowest BCUT2D eigenvalue weighted by molar-refractivity contribution is -0.117. The summed E-state index contributed by atoms with van der Waals surface area (Å²) in [5.41, 5.74) is 2.75. The molecule has 0 radical (unpaired) electrons. The average molecular weight is 263 g/mol. The molecule has 0 aliphatic rings. The highest BCUT2D eigenvalue weighted by Gasteiger charge is 2.11. The van der Waals surface area contributed by atoms with Gasteiger partial charge in [0.05, 0.1) is 10.7 Å². The van der Waals surface area contributed by atoms with Gasteiger partial charge in [0.15, 0.2) is 0 Å². The number of H-pyrrole nitrogens is 1. The van der Waals surface area contributed by atoms with Crippen LogP contribution in [0.1, 0.15) is 24.9 Å². The quantitative estimate of drug-likeness (QED) is 0.916. The molecule has 0 amide bonds. The van der Waals surface area contributed by atoms with Crippen molar-refractivity contribution in [1.29, 1.82) is 0 Å². The molecule has 0 saturated heterocycles. The fourth-order valence-electron chi connectivity index (χ4n) is 1.85. The summed E-state index contributed by atoms with van der Waals surface area (Å²) in [6, 6.07) is 7.62. The second-order valence-electron chi connectivity index (χ2n) is 4.34. The number of nitrogens with zero attached hydrogens (tertiary/aromatic N) is 1. The number of Topliss-reactive ketones (excluding diaryl/α,β-unsaturated/α-hetero) is 1. The van der Waals surface area contributed by atoms with E-state index in [0.717, 1.165) is 22.8 Å². The van der Waals surface area contributed by atoms with Gasteiger partial charge in [-0.2, -0.15) is 0 Å². The first-order valence-electron chi connectivity index (χ1n) is 5.87. The van der Waals surface area contributed by atoms with E-state index in [1.165, 1.54) is 0 Å². The molecule has 18 heavy (non-hydrogen) atoms. The Kier molecular flexibility index (Phi) is 3.82. The minimum absolute atomic E-state index is 0.170. The van der Waals surface area contributed by atoms with Gasteiger partial charge in [0, 0.05) is 24.1 Å². The van der Waals surface area contributed by atoms with Crippen LogP contribution in [-0.4, -0.2) is 15.8 Å². The molecule has 0 atom stereocenters. The van der Waals surface area contributed by atoms with Crippen molar-refractivity contribution >= 4 is 17.4 Å². The smallest absolute Gasteiger partial charge is 0.130 e. The maximum absolute atomic E-state index is 11.0. The molecule has 2 rings (SSSR count). The van der Waals surface area contributed by atoms with Gasteiger partial charge < -0.3 is 9.78 Å². The standard InChI is InChI=1S/C14H15ClN2O/c1-9(18)7-8-13-16-10(2)14(17-13)11-5-3-4-6-12(11)15/h3-6H,7-8H2,1-2H3,(H,16,17). The molecule has 0 unspecified atom stereocenters. The zero-order chi connectivity index (χ0) is 13.1. The van der Waals surface area contributed by atoms with Gasteiger partial charge in [-0.25, -0.2) is 4.98 Å². The summed E-state index contributed by atoms with van der Waals surface area (Å²) >= 11 is 6.16. The molecular weight excluding hydrogens is 248 g/mol. The normalized spacial score (nSPS) is 10.6. The van der Waals surface area contributed by atoms with E-state index in [-0.39, 0.29) is 5.78 Å². The van der Waals surface area contributed by atoms with Gasteiger partial charge in [0.2, 0.25) is 0 Å². The third kappa shape index (κ3) is 2.79. The van der Waals surface area contributed by atoms with Gasteiger partial charge in [0.25, 0.3) is 0 Å². The zero-order valence-electron chi connectivity index (χ0n) is 10.5. The summed E-state index contributed by atoms with van der Waals surface area (Å²) in [4.78, 5) is 18.7. The third-order valence-corrected chi connectivity index (χ3v) is 3.11. The lowest BCUT2D eigenvalue weighted by Gasteiger charge is -2.00. The second-order valence-corrected chi connectivity index (χ2v) is 4.75. The van der Waals surface area contributed by atoms with Crippen LogP contribution in [0.4, 0.5) is 0 Å². The van der Waals surface area contributed by atoms with Crippen LogP contribution in [-0.2, 0) is 11.2 Å². The van der Waals surface area contributed by atoms with Crippen LogP contribution in [0, 0.1) is 6.92 Å². The van der Waals surface area contributed by atoms with Crippen molar-refractivity contribution < 1.29 is 4.79 Å². The van der Waals surface area contributed by atoms with E-state index in [0.29, 0.717) is 17.9 Å². The Morgan fingerprint density at radius 2 is 2.11 bits per heavy atom. The molecule has 0 fully saturated rings. The van der Waals surface area contributed by atoms with Gasteiger partial charge >= 0.3 is 0 Å². The van der Waals surface area contributed by atoms with E-state index < -0.39 is 0 Å². The third-order valence-electron chi connectivity index (χ3n) is 2.78. The number of hydrogen-bond acceptors (Lipinski definition) is 2. The minimum Gasteiger partial charge on any atom is -0.346 e. The van der Waals surface area contributed by atoms with Crippen LogP contribution in [0.25, 0.3) is 11.3 Å². The van der Waals surface area contributed by atoms with Crippen molar-refractivity contribution in [3.8, 4) is 11.3 Å². The van der Waals surface area contributed by atoms with Crippen molar-refractivity contribution in [3.05, 3.63) is 40.8 Å². The van der Waals surface area contributed by atoms with E-state index in [4.69, 9.17) is 11.6 Å². The number of ketones is 1. The molecular formula is C14H15ClN2O. The monoisotopic (exact) mass is 262 g/mol. The summed E-state index contributed by atoms with van der Waals surface area (Å²) in [6.07, 6.45) is 1.15. The van der Waals surface area contributed by atoms with E-state index in [9.17, 15) is 4.79 Å². The predicted octanol–water partition coefficient (Wildman–Crippen LogP) is 3.56. The first-order chi connectivity index (χ1) is 8.58. The Hall–Kier alpha value is -1.61. The van der Waals surface area contributed by atoms with Crippen LogP contribution in [0.5, 0.6) is 0 Å². The number of halogens is 1. The van der Waals surface area contributed by atoms with Crippen LogP contribution in [0.2, 0.25) is 5.02 Å². The molecule has 3 nitrogen and oxygen atoms in total. The molecule has 0 aliphatic carbocycles. The maximum Gasteiger partial charge on any atom is 0.130 e. The highest BCUT2D eigenvalue weighted by molar-refractivity contribution is 6.33. The Labute approximate surface area is 111 Å². The van der Waals surface area contributed by atoms with Crippen molar-refractivity contribution in [3.63, 3.8) is 0 Å². The van der Waals surface area contributed by atoms with E-state index in [1.54, 1.807) is 6.92 Å². The largest absolute Gasteiger partial charge is 0.346 e. The number of rotatable bonds is 4. The maximum atomic E-state index is 11.0. The van der Waals surface area contributed by atoms with Crippen LogP contribution in [0.3, 0.4) is 0 Å². The Balaban J connectivity index is 2.30. The Bertz CT molecular complexity index is 575. The molecule has 2 aromatic rings. The van der Waals surface area contributed by atoms with E-state index in [1.807, 2.05) is 31.2 Å². The van der Waals surface area contributed by atoms with Crippen molar-refractivity contribution in [1.82, 2.24) is 9.97 Å². The predicted molar refractivity (Wildman–Crippen MR) is 72.8 cm³/mol. The van der Waals surface area contributed by atoms with Crippen LogP contribution in [0.15, 0.2) is 24.3 Å². The summed E-state index contributed by atoms with van der Waals surface area (Å²) in [5, 5.41) is 0.685.